The molecule has 0 fully saturated rings. The molecular formula is C14H21NS. The Hall–Kier alpha value is -0.630. The zero-order valence-corrected chi connectivity index (χ0v) is 11.3. The van der Waals surface area contributed by atoms with Crippen molar-refractivity contribution in [3.63, 3.8) is 0 Å². The van der Waals surface area contributed by atoms with Crippen LogP contribution in [0.4, 0.5) is 5.69 Å². The molecule has 0 radical (unpaired) electrons. The van der Waals surface area contributed by atoms with E-state index in [1.54, 1.807) is 0 Å². The third-order valence-corrected chi connectivity index (χ3v) is 5.05. The van der Waals surface area contributed by atoms with E-state index in [4.69, 9.17) is 0 Å². The Kier molecular flexibility index (Phi) is 3.48. The van der Waals surface area contributed by atoms with E-state index in [1.165, 1.54) is 36.3 Å². The number of nitrogens with zero attached hydrogens (tertiary/aromatic N) is 1. The molecule has 1 aromatic rings. The van der Waals surface area contributed by atoms with Gasteiger partial charge in [0.1, 0.15) is 0 Å². The first kappa shape index (κ1) is 11.8. The molecule has 0 spiro atoms. The zero-order chi connectivity index (χ0) is 11.6. The van der Waals surface area contributed by atoms with Crippen LogP contribution in [-0.4, -0.2) is 11.9 Å². The lowest BCUT2D eigenvalue weighted by molar-refractivity contribution is 0.489. The number of para-hydroxylation sites is 1. The first-order chi connectivity index (χ1) is 7.73. The van der Waals surface area contributed by atoms with Gasteiger partial charge >= 0.3 is 0 Å². The number of thioether (sulfide) groups is 1. The molecule has 0 saturated heterocycles. The van der Waals surface area contributed by atoms with Crippen molar-refractivity contribution in [1.29, 1.82) is 0 Å². The molecule has 0 N–H and O–H groups in total. The normalized spacial score (nSPS) is 17.6. The minimum atomic E-state index is 0.313. The average Bonchev–Trinajstić information content (AvgIpc) is 2.54. The summed E-state index contributed by atoms with van der Waals surface area (Å²) < 4.78 is 0. The first-order valence-electron chi connectivity index (χ1n) is 6.25. The summed E-state index contributed by atoms with van der Waals surface area (Å²) in [6, 6.07) is 8.79. The number of hydrogen-bond donors (Lipinski definition) is 0. The smallest absolute Gasteiger partial charge is 0.0904 e. The lowest BCUT2D eigenvalue weighted by atomic mass is 10.0. The highest BCUT2D eigenvalue weighted by atomic mass is 32.2. The van der Waals surface area contributed by atoms with Crippen molar-refractivity contribution in [2.75, 3.05) is 11.9 Å². The Balaban J connectivity index is 2.32. The third-order valence-electron chi connectivity index (χ3n) is 3.42. The molecule has 1 nitrogen and oxygen atoms in total. The molecule has 88 valence electrons. The van der Waals surface area contributed by atoms with Gasteiger partial charge in [-0.2, -0.15) is 0 Å². The van der Waals surface area contributed by atoms with Crippen LogP contribution in [0.15, 0.2) is 29.2 Å². The van der Waals surface area contributed by atoms with Crippen LogP contribution < -0.4 is 4.90 Å². The Bertz CT molecular complexity index is 356. The maximum Gasteiger partial charge on any atom is 0.0904 e. The van der Waals surface area contributed by atoms with Gasteiger partial charge in [0.2, 0.25) is 0 Å². The second kappa shape index (κ2) is 4.70. The molecule has 1 aliphatic heterocycles. The lowest BCUT2D eigenvalue weighted by Gasteiger charge is -2.36. The van der Waals surface area contributed by atoms with Crippen molar-refractivity contribution in [2.45, 2.75) is 49.3 Å². The van der Waals surface area contributed by atoms with Gasteiger partial charge in [0.15, 0.2) is 0 Å². The minimum absolute atomic E-state index is 0.313. The van der Waals surface area contributed by atoms with E-state index in [0.29, 0.717) is 4.87 Å². The van der Waals surface area contributed by atoms with Crippen LogP contribution >= 0.6 is 11.8 Å². The SMILES string of the molecule is CCCC1(CCC)Sc2ccccc2N1C. The molecule has 2 rings (SSSR count). The summed E-state index contributed by atoms with van der Waals surface area (Å²) in [5.41, 5.74) is 1.41. The number of benzene rings is 1. The molecule has 0 unspecified atom stereocenters. The van der Waals surface area contributed by atoms with Crippen LogP contribution in [0.2, 0.25) is 0 Å². The van der Waals surface area contributed by atoms with Gasteiger partial charge in [-0.1, -0.05) is 50.6 Å². The molecule has 0 atom stereocenters. The second-order valence-electron chi connectivity index (χ2n) is 4.57. The second-order valence-corrected chi connectivity index (χ2v) is 5.98. The molecule has 0 bridgehead atoms. The topological polar surface area (TPSA) is 3.24 Å². The summed E-state index contributed by atoms with van der Waals surface area (Å²) in [5.74, 6) is 0. The molecule has 0 saturated carbocycles. The molecule has 1 aromatic carbocycles. The lowest BCUT2D eigenvalue weighted by Crippen LogP contribution is -2.40. The summed E-state index contributed by atoms with van der Waals surface area (Å²) >= 11 is 2.07. The largest absolute Gasteiger partial charge is 0.359 e. The third kappa shape index (κ3) is 1.84. The molecule has 1 heterocycles. The average molecular weight is 235 g/mol. The summed E-state index contributed by atoms with van der Waals surface area (Å²) in [7, 11) is 2.25. The highest BCUT2D eigenvalue weighted by Gasteiger charge is 2.40. The number of anilines is 1. The standard InChI is InChI=1S/C14H21NS/c1-4-10-14(11-5-2)15(3)12-8-6-7-9-13(12)16-14/h6-9H,4-5,10-11H2,1-3H3. The van der Waals surface area contributed by atoms with E-state index < -0.39 is 0 Å². The highest BCUT2D eigenvalue weighted by molar-refractivity contribution is 8.01. The van der Waals surface area contributed by atoms with Crippen molar-refractivity contribution in [2.24, 2.45) is 0 Å². The maximum absolute atomic E-state index is 2.50. The Morgan fingerprint density at radius 1 is 1.12 bits per heavy atom. The van der Waals surface area contributed by atoms with E-state index in [0.717, 1.165) is 0 Å². The fraction of sp³-hybridized carbons (Fsp3) is 0.571. The minimum Gasteiger partial charge on any atom is -0.359 e. The first-order valence-corrected chi connectivity index (χ1v) is 7.07. The quantitative estimate of drug-likeness (QED) is 0.754. The summed E-state index contributed by atoms with van der Waals surface area (Å²) in [6.45, 7) is 4.57. The van der Waals surface area contributed by atoms with E-state index in [-0.39, 0.29) is 0 Å². The predicted molar refractivity (Wildman–Crippen MR) is 73.2 cm³/mol. The summed E-state index contributed by atoms with van der Waals surface area (Å²) in [6.07, 6.45) is 5.06. The van der Waals surface area contributed by atoms with Gasteiger partial charge < -0.3 is 4.90 Å². The van der Waals surface area contributed by atoms with Crippen LogP contribution in [0.1, 0.15) is 39.5 Å². The van der Waals surface area contributed by atoms with Crippen LogP contribution in [0, 0.1) is 0 Å². The Morgan fingerprint density at radius 3 is 2.31 bits per heavy atom. The molecule has 0 amide bonds. The van der Waals surface area contributed by atoms with E-state index >= 15 is 0 Å². The molecule has 0 aromatic heterocycles. The number of rotatable bonds is 4. The van der Waals surface area contributed by atoms with Crippen LogP contribution in [0.25, 0.3) is 0 Å². The Morgan fingerprint density at radius 2 is 1.75 bits per heavy atom. The van der Waals surface area contributed by atoms with Gasteiger partial charge in [-0.15, -0.1) is 0 Å². The Labute approximate surface area is 103 Å². The molecule has 1 aliphatic rings. The fourth-order valence-corrected chi connectivity index (χ4v) is 4.37. The molecule has 16 heavy (non-hydrogen) atoms. The predicted octanol–water partition coefficient (Wildman–Crippen LogP) is 4.53. The number of hydrogen-bond acceptors (Lipinski definition) is 2. The monoisotopic (exact) mass is 235 g/mol. The van der Waals surface area contributed by atoms with E-state index in [1.807, 2.05) is 0 Å². The molecular weight excluding hydrogens is 214 g/mol. The van der Waals surface area contributed by atoms with Crippen molar-refractivity contribution in [3.8, 4) is 0 Å². The van der Waals surface area contributed by atoms with Gasteiger partial charge in [-0.05, 0) is 25.0 Å². The van der Waals surface area contributed by atoms with Crippen LogP contribution in [0.5, 0.6) is 0 Å². The van der Waals surface area contributed by atoms with Crippen LogP contribution in [-0.2, 0) is 0 Å². The fourth-order valence-electron chi connectivity index (χ4n) is 2.66. The van der Waals surface area contributed by atoms with Gasteiger partial charge in [0.25, 0.3) is 0 Å². The van der Waals surface area contributed by atoms with Gasteiger partial charge in [-0.25, -0.2) is 0 Å². The van der Waals surface area contributed by atoms with E-state index in [2.05, 4.69) is 61.8 Å². The van der Waals surface area contributed by atoms with Crippen molar-refractivity contribution < 1.29 is 0 Å². The van der Waals surface area contributed by atoms with Gasteiger partial charge in [0.05, 0.1) is 10.6 Å². The zero-order valence-electron chi connectivity index (χ0n) is 10.5. The summed E-state index contributed by atoms with van der Waals surface area (Å²) in [4.78, 5) is 4.26. The van der Waals surface area contributed by atoms with Crippen molar-refractivity contribution in [3.05, 3.63) is 24.3 Å². The molecule has 0 aliphatic carbocycles. The van der Waals surface area contributed by atoms with Crippen molar-refractivity contribution >= 4 is 17.4 Å². The summed E-state index contributed by atoms with van der Waals surface area (Å²) in [5, 5.41) is 0. The van der Waals surface area contributed by atoms with Gasteiger partial charge in [-0.3, -0.25) is 0 Å². The maximum atomic E-state index is 2.50. The van der Waals surface area contributed by atoms with E-state index in [9.17, 15) is 0 Å². The van der Waals surface area contributed by atoms with Crippen LogP contribution in [0.3, 0.4) is 0 Å². The molecule has 2 heteroatoms. The van der Waals surface area contributed by atoms with Gasteiger partial charge in [0, 0.05) is 11.9 Å². The number of fused-ring (bicyclic) bond motifs is 1. The van der Waals surface area contributed by atoms with Crippen molar-refractivity contribution in [1.82, 2.24) is 0 Å². The highest BCUT2D eigenvalue weighted by Crippen LogP contribution is 2.53.